The lowest BCUT2D eigenvalue weighted by molar-refractivity contribution is -0.157. The quantitative estimate of drug-likeness (QED) is 0.825. The smallest absolute Gasteiger partial charge is 0.256 e. The van der Waals surface area contributed by atoms with Crippen LogP contribution < -0.4 is 5.32 Å². The highest BCUT2D eigenvalue weighted by Crippen LogP contribution is 2.24. The van der Waals surface area contributed by atoms with Crippen LogP contribution in [0.2, 0.25) is 0 Å². The van der Waals surface area contributed by atoms with E-state index in [1.807, 2.05) is 17.8 Å². The van der Waals surface area contributed by atoms with E-state index < -0.39 is 5.60 Å². The number of aryl methyl sites for hydroxylation is 1. The van der Waals surface area contributed by atoms with Gasteiger partial charge in [-0.1, -0.05) is 12.1 Å². The number of hydrogen-bond acceptors (Lipinski definition) is 4. The number of aliphatic hydroxyl groups is 1. The van der Waals surface area contributed by atoms with Gasteiger partial charge in [0.15, 0.2) is 5.60 Å². The van der Waals surface area contributed by atoms with Gasteiger partial charge in [0.05, 0.1) is 6.54 Å². The third-order valence-corrected chi connectivity index (χ3v) is 4.61. The third-order valence-electron chi connectivity index (χ3n) is 4.61. The molecular formula is C18H23FN4O2. The molecule has 0 saturated carbocycles. The molecular weight excluding hydrogens is 323 g/mol. The van der Waals surface area contributed by atoms with Gasteiger partial charge < -0.3 is 19.9 Å². The number of rotatable bonds is 6. The molecule has 3 rings (SSSR count). The number of aromatic nitrogens is 2. The average Bonchev–Trinajstić information content (AvgIpc) is 2.99. The lowest BCUT2D eigenvalue weighted by atomic mass is 9.91. The molecule has 1 atom stereocenters. The predicted molar refractivity (Wildman–Crippen MR) is 90.9 cm³/mol. The zero-order valence-electron chi connectivity index (χ0n) is 14.3. The molecule has 1 aromatic heterocycles. The van der Waals surface area contributed by atoms with Crippen molar-refractivity contribution in [1.29, 1.82) is 0 Å². The number of imidazole rings is 1. The molecule has 1 unspecified atom stereocenters. The van der Waals surface area contributed by atoms with Crippen molar-refractivity contribution in [2.45, 2.75) is 31.5 Å². The summed E-state index contributed by atoms with van der Waals surface area (Å²) in [6.07, 6.45) is 4.72. The molecule has 2 heterocycles. The molecule has 1 aromatic carbocycles. The maximum atomic E-state index is 13.0. The number of nitrogens with one attached hydrogen (secondary N) is 1. The van der Waals surface area contributed by atoms with Crippen LogP contribution in [0.3, 0.4) is 0 Å². The van der Waals surface area contributed by atoms with Crippen LogP contribution in [-0.4, -0.2) is 44.2 Å². The predicted octanol–water partition coefficient (Wildman–Crippen LogP) is 1.20. The Labute approximate surface area is 146 Å². The molecule has 1 aliphatic heterocycles. The van der Waals surface area contributed by atoms with E-state index >= 15 is 0 Å². The molecule has 1 saturated heterocycles. The summed E-state index contributed by atoms with van der Waals surface area (Å²) in [7, 11) is 1.90. The van der Waals surface area contributed by atoms with E-state index in [4.69, 9.17) is 0 Å². The van der Waals surface area contributed by atoms with E-state index in [-0.39, 0.29) is 18.3 Å². The van der Waals surface area contributed by atoms with E-state index in [1.165, 1.54) is 12.1 Å². The number of nitrogens with zero attached hydrogens (tertiary/aromatic N) is 3. The number of benzene rings is 1. The maximum absolute atomic E-state index is 13.0. The monoisotopic (exact) mass is 346 g/mol. The summed E-state index contributed by atoms with van der Waals surface area (Å²) < 4.78 is 14.9. The van der Waals surface area contributed by atoms with Gasteiger partial charge in [0, 0.05) is 39.1 Å². The lowest BCUT2D eigenvalue weighted by Gasteiger charge is -2.38. The van der Waals surface area contributed by atoms with Crippen LogP contribution in [0.25, 0.3) is 0 Å². The number of likely N-dealkylation sites (tertiary alicyclic amines) is 1. The molecule has 0 bridgehead atoms. The van der Waals surface area contributed by atoms with E-state index in [0.717, 1.165) is 17.8 Å². The van der Waals surface area contributed by atoms with Crippen LogP contribution in [0, 0.1) is 5.82 Å². The average molecular weight is 346 g/mol. The zero-order chi connectivity index (χ0) is 17.9. The fraction of sp³-hybridized carbons (Fsp3) is 0.444. The molecule has 7 heteroatoms. The van der Waals surface area contributed by atoms with Crippen molar-refractivity contribution in [3.05, 3.63) is 53.9 Å². The SMILES string of the molecule is Cn1ccnc1CNCC1(O)CCCN(Cc2ccc(F)cc2)C1=O. The second-order valence-corrected chi connectivity index (χ2v) is 6.55. The third kappa shape index (κ3) is 4.05. The number of piperidine rings is 1. The highest BCUT2D eigenvalue weighted by molar-refractivity contribution is 5.86. The van der Waals surface area contributed by atoms with E-state index in [1.54, 1.807) is 23.2 Å². The Balaban J connectivity index is 1.59. The van der Waals surface area contributed by atoms with Crippen molar-refractivity contribution in [3.63, 3.8) is 0 Å². The molecule has 1 aliphatic rings. The molecule has 0 aliphatic carbocycles. The van der Waals surface area contributed by atoms with Gasteiger partial charge in [-0.2, -0.15) is 0 Å². The minimum Gasteiger partial charge on any atom is -0.379 e. The van der Waals surface area contributed by atoms with Crippen molar-refractivity contribution < 1.29 is 14.3 Å². The molecule has 0 spiro atoms. The molecule has 6 nitrogen and oxygen atoms in total. The van der Waals surface area contributed by atoms with Crippen LogP contribution >= 0.6 is 0 Å². The highest BCUT2D eigenvalue weighted by Gasteiger charge is 2.41. The normalized spacial score (nSPS) is 20.9. The van der Waals surface area contributed by atoms with Crippen LogP contribution in [-0.2, 0) is 24.9 Å². The molecule has 134 valence electrons. The van der Waals surface area contributed by atoms with E-state index in [9.17, 15) is 14.3 Å². The Bertz CT molecular complexity index is 731. The Kier molecular flexibility index (Phi) is 5.15. The number of carbonyl (C=O) groups excluding carboxylic acids is 1. The van der Waals surface area contributed by atoms with Crippen molar-refractivity contribution in [2.75, 3.05) is 13.1 Å². The fourth-order valence-corrected chi connectivity index (χ4v) is 3.14. The standard InChI is InChI=1S/C18H23FN4O2/c1-22-10-8-21-16(22)11-20-13-18(25)7-2-9-23(17(18)24)12-14-3-5-15(19)6-4-14/h3-6,8,10,20,25H,2,7,9,11-13H2,1H3. The molecule has 2 N–H and O–H groups in total. The first-order chi connectivity index (χ1) is 12.0. The van der Waals surface area contributed by atoms with Crippen LogP contribution in [0.4, 0.5) is 4.39 Å². The van der Waals surface area contributed by atoms with E-state index in [2.05, 4.69) is 10.3 Å². The summed E-state index contributed by atoms with van der Waals surface area (Å²) in [4.78, 5) is 18.6. The first-order valence-corrected chi connectivity index (χ1v) is 8.41. The summed E-state index contributed by atoms with van der Waals surface area (Å²) in [6, 6.07) is 6.08. The van der Waals surface area contributed by atoms with Crippen LogP contribution in [0.5, 0.6) is 0 Å². The van der Waals surface area contributed by atoms with Crippen molar-refractivity contribution in [2.24, 2.45) is 7.05 Å². The molecule has 1 amide bonds. The minimum absolute atomic E-state index is 0.179. The van der Waals surface area contributed by atoms with Gasteiger partial charge >= 0.3 is 0 Å². The highest BCUT2D eigenvalue weighted by atomic mass is 19.1. The summed E-state index contributed by atoms with van der Waals surface area (Å²) in [5.41, 5.74) is -0.566. The van der Waals surface area contributed by atoms with Gasteiger partial charge in [-0.3, -0.25) is 4.79 Å². The number of carbonyl (C=O) groups is 1. The number of hydrogen-bond donors (Lipinski definition) is 2. The Morgan fingerprint density at radius 1 is 1.36 bits per heavy atom. The molecule has 0 radical (unpaired) electrons. The molecule has 25 heavy (non-hydrogen) atoms. The summed E-state index contributed by atoms with van der Waals surface area (Å²) in [5, 5.41) is 13.9. The second kappa shape index (κ2) is 7.33. The number of amides is 1. The molecule has 1 fully saturated rings. The summed E-state index contributed by atoms with van der Waals surface area (Å²) >= 11 is 0. The van der Waals surface area contributed by atoms with Crippen molar-refractivity contribution in [3.8, 4) is 0 Å². The van der Waals surface area contributed by atoms with Gasteiger partial charge in [-0.25, -0.2) is 9.37 Å². The van der Waals surface area contributed by atoms with Crippen LogP contribution in [0.15, 0.2) is 36.7 Å². The first-order valence-electron chi connectivity index (χ1n) is 8.41. The summed E-state index contributed by atoms with van der Waals surface area (Å²) in [6.45, 7) is 1.63. The second-order valence-electron chi connectivity index (χ2n) is 6.55. The van der Waals surface area contributed by atoms with Gasteiger partial charge in [-0.15, -0.1) is 0 Å². The zero-order valence-corrected chi connectivity index (χ0v) is 14.3. The van der Waals surface area contributed by atoms with Gasteiger partial charge in [0.1, 0.15) is 11.6 Å². The topological polar surface area (TPSA) is 70.4 Å². The minimum atomic E-state index is -1.41. The van der Waals surface area contributed by atoms with Crippen LogP contribution in [0.1, 0.15) is 24.2 Å². The Hall–Kier alpha value is -2.25. The lowest BCUT2D eigenvalue weighted by Crippen LogP contribution is -2.57. The molecule has 2 aromatic rings. The van der Waals surface area contributed by atoms with E-state index in [0.29, 0.717) is 26.1 Å². The van der Waals surface area contributed by atoms with Gasteiger partial charge in [0.25, 0.3) is 5.91 Å². The maximum Gasteiger partial charge on any atom is 0.256 e. The largest absolute Gasteiger partial charge is 0.379 e. The van der Waals surface area contributed by atoms with Crippen molar-refractivity contribution >= 4 is 5.91 Å². The first kappa shape index (κ1) is 17.6. The summed E-state index contributed by atoms with van der Waals surface area (Å²) in [5.74, 6) is 0.258. The van der Waals surface area contributed by atoms with Gasteiger partial charge in [-0.05, 0) is 30.5 Å². The Morgan fingerprint density at radius 3 is 2.80 bits per heavy atom. The fourth-order valence-electron chi connectivity index (χ4n) is 3.14. The van der Waals surface area contributed by atoms with Gasteiger partial charge in [0.2, 0.25) is 0 Å². The Morgan fingerprint density at radius 2 is 2.12 bits per heavy atom. The number of halogens is 1. The van der Waals surface area contributed by atoms with Crippen molar-refractivity contribution in [1.82, 2.24) is 19.8 Å².